The molecular formula is C14H19Cl2NOS. The van der Waals surface area contributed by atoms with Gasteiger partial charge in [0.2, 0.25) is 0 Å². The Bertz CT molecular complexity index is 461. The lowest BCUT2D eigenvalue weighted by Gasteiger charge is -2.27. The Morgan fingerprint density at radius 2 is 1.95 bits per heavy atom. The smallest absolute Gasteiger partial charge is 0.0589 e. The fourth-order valence-corrected chi connectivity index (χ4v) is 4.57. The molecular weight excluding hydrogens is 301 g/mol. The molecule has 5 heteroatoms. The lowest BCUT2D eigenvalue weighted by molar-refractivity contribution is 0.318. The average molecular weight is 320 g/mol. The predicted octanol–water partition coefficient (Wildman–Crippen LogP) is 4.01. The quantitative estimate of drug-likeness (QED) is 0.911. The zero-order valence-corrected chi connectivity index (χ0v) is 13.1. The highest BCUT2D eigenvalue weighted by Crippen LogP contribution is 2.28. The number of benzene rings is 1. The molecule has 0 spiro atoms. The predicted molar refractivity (Wildman–Crippen MR) is 82.3 cm³/mol. The van der Waals surface area contributed by atoms with E-state index < -0.39 is 10.8 Å². The van der Waals surface area contributed by atoms with Crippen LogP contribution >= 0.6 is 23.2 Å². The van der Waals surface area contributed by atoms with E-state index in [1.807, 2.05) is 0 Å². The van der Waals surface area contributed by atoms with Crippen molar-refractivity contribution in [2.24, 2.45) is 11.7 Å². The molecule has 0 amide bonds. The topological polar surface area (TPSA) is 43.1 Å². The Hall–Kier alpha value is -0.0900. The van der Waals surface area contributed by atoms with E-state index in [9.17, 15) is 4.21 Å². The normalized spacial score (nSPS) is 20.2. The molecule has 1 aromatic carbocycles. The first kappa shape index (κ1) is 15.3. The lowest BCUT2D eigenvalue weighted by Crippen LogP contribution is -2.36. The van der Waals surface area contributed by atoms with Gasteiger partial charge in [0.15, 0.2) is 0 Å². The fraction of sp³-hybridized carbons (Fsp3) is 0.571. The molecule has 0 bridgehead atoms. The van der Waals surface area contributed by atoms with E-state index in [2.05, 4.69) is 0 Å². The summed E-state index contributed by atoms with van der Waals surface area (Å²) in [6, 6.07) is 5.04. The molecule has 0 aliphatic heterocycles. The van der Waals surface area contributed by atoms with Gasteiger partial charge in [0.05, 0.1) is 20.7 Å². The molecule has 2 N–H and O–H groups in total. The summed E-state index contributed by atoms with van der Waals surface area (Å²) in [6.45, 7) is 0. The van der Waals surface area contributed by atoms with Crippen molar-refractivity contribution in [3.8, 4) is 0 Å². The Balaban J connectivity index is 2.01. The van der Waals surface area contributed by atoms with Gasteiger partial charge in [0, 0.05) is 16.8 Å². The second kappa shape index (κ2) is 7.07. The minimum atomic E-state index is -1.18. The number of halogens is 2. The minimum absolute atomic E-state index is 0.0174. The van der Waals surface area contributed by atoms with Crippen LogP contribution in [0, 0.1) is 5.92 Å². The van der Waals surface area contributed by atoms with E-state index in [0.717, 1.165) is 12.8 Å². The van der Waals surface area contributed by atoms with Crippen molar-refractivity contribution in [3.63, 3.8) is 0 Å². The molecule has 1 aliphatic rings. The molecule has 2 atom stereocenters. The van der Waals surface area contributed by atoms with Gasteiger partial charge in [-0.05, 0) is 37.0 Å². The second-order valence-electron chi connectivity index (χ2n) is 5.15. The standard InChI is InChI=1S/C14H19Cl2NOS/c15-11-6-7-12(16)14(8-11)19(18)9-13(17)10-4-2-1-3-5-10/h6-8,10,13H,1-5,9,17H2. The van der Waals surface area contributed by atoms with Crippen LogP contribution in [0.3, 0.4) is 0 Å². The summed E-state index contributed by atoms with van der Waals surface area (Å²) < 4.78 is 12.4. The van der Waals surface area contributed by atoms with Gasteiger partial charge >= 0.3 is 0 Å². The van der Waals surface area contributed by atoms with Crippen molar-refractivity contribution in [1.29, 1.82) is 0 Å². The molecule has 0 aromatic heterocycles. The number of hydrogen-bond acceptors (Lipinski definition) is 2. The van der Waals surface area contributed by atoms with E-state index in [1.165, 1.54) is 19.3 Å². The van der Waals surface area contributed by atoms with E-state index in [-0.39, 0.29) is 6.04 Å². The van der Waals surface area contributed by atoms with Gasteiger partial charge in [-0.1, -0.05) is 42.5 Å². The first-order chi connectivity index (χ1) is 9.08. The van der Waals surface area contributed by atoms with Gasteiger partial charge in [-0.3, -0.25) is 4.21 Å². The van der Waals surface area contributed by atoms with Crippen LogP contribution in [-0.2, 0) is 10.8 Å². The molecule has 1 fully saturated rings. The highest BCUT2D eigenvalue weighted by molar-refractivity contribution is 7.85. The van der Waals surface area contributed by atoms with E-state index in [0.29, 0.717) is 26.6 Å². The van der Waals surface area contributed by atoms with Crippen molar-refractivity contribution in [2.75, 3.05) is 5.75 Å². The number of rotatable bonds is 4. The Morgan fingerprint density at radius 1 is 1.26 bits per heavy atom. The molecule has 106 valence electrons. The van der Waals surface area contributed by atoms with Crippen LogP contribution in [-0.4, -0.2) is 16.0 Å². The minimum Gasteiger partial charge on any atom is -0.327 e. The summed E-state index contributed by atoms with van der Waals surface area (Å²) in [5.41, 5.74) is 6.21. The summed E-state index contributed by atoms with van der Waals surface area (Å²) >= 11 is 12.0. The van der Waals surface area contributed by atoms with Crippen molar-refractivity contribution in [2.45, 2.75) is 43.0 Å². The maximum absolute atomic E-state index is 12.4. The lowest BCUT2D eigenvalue weighted by atomic mass is 9.85. The zero-order valence-electron chi connectivity index (χ0n) is 10.8. The summed E-state index contributed by atoms with van der Waals surface area (Å²) in [5.74, 6) is 0.959. The van der Waals surface area contributed by atoms with Crippen molar-refractivity contribution >= 4 is 34.0 Å². The first-order valence-electron chi connectivity index (χ1n) is 6.67. The third-order valence-electron chi connectivity index (χ3n) is 3.74. The summed E-state index contributed by atoms with van der Waals surface area (Å²) in [7, 11) is -1.18. The Kier molecular flexibility index (Phi) is 5.70. The molecule has 1 saturated carbocycles. The van der Waals surface area contributed by atoms with E-state index in [1.54, 1.807) is 18.2 Å². The third kappa shape index (κ3) is 4.19. The SMILES string of the molecule is NC(CS(=O)c1cc(Cl)ccc1Cl)C1CCCCC1. The van der Waals surface area contributed by atoms with Crippen LogP contribution in [0.15, 0.2) is 23.1 Å². The van der Waals surface area contributed by atoms with Gasteiger partial charge < -0.3 is 5.73 Å². The van der Waals surface area contributed by atoms with Crippen molar-refractivity contribution < 1.29 is 4.21 Å². The number of nitrogens with two attached hydrogens (primary N) is 1. The van der Waals surface area contributed by atoms with Gasteiger partial charge in [0.25, 0.3) is 0 Å². The maximum atomic E-state index is 12.4. The zero-order chi connectivity index (χ0) is 13.8. The van der Waals surface area contributed by atoms with Gasteiger partial charge in [-0.25, -0.2) is 0 Å². The van der Waals surface area contributed by atoms with E-state index in [4.69, 9.17) is 28.9 Å². The molecule has 2 unspecified atom stereocenters. The van der Waals surface area contributed by atoms with Gasteiger partial charge in [-0.2, -0.15) is 0 Å². The molecule has 0 radical (unpaired) electrons. The molecule has 2 rings (SSSR count). The summed E-state index contributed by atoms with van der Waals surface area (Å²) in [5, 5.41) is 1.05. The third-order valence-corrected chi connectivity index (χ3v) is 5.93. The van der Waals surface area contributed by atoms with Crippen molar-refractivity contribution in [3.05, 3.63) is 28.2 Å². The highest BCUT2D eigenvalue weighted by atomic mass is 35.5. The fourth-order valence-electron chi connectivity index (χ4n) is 2.61. The number of hydrogen-bond donors (Lipinski definition) is 1. The largest absolute Gasteiger partial charge is 0.327 e. The Morgan fingerprint density at radius 3 is 2.63 bits per heavy atom. The van der Waals surface area contributed by atoms with Crippen LogP contribution < -0.4 is 5.73 Å². The first-order valence-corrected chi connectivity index (χ1v) is 8.74. The Labute approximate surface area is 127 Å². The highest BCUT2D eigenvalue weighted by Gasteiger charge is 2.23. The van der Waals surface area contributed by atoms with Gasteiger partial charge in [0.1, 0.15) is 0 Å². The average Bonchev–Trinajstić information content (AvgIpc) is 2.42. The molecule has 0 saturated heterocycles. The van der Waals surface area contributed by atoms with Crippen LogP contribution in [0.2, 0.25) is 10.0 Å². The second-order valence-corrected chi connectivity index (χ2v) is 7.46. The van der Waals surface area contributed by atoms with Crippen molar-refractivity contribution in [1.82, 2.24) is 0 Å². The monoisotopic (exact) mass is 319 g/mol. The summed E-state index contributed by atoms with van der Waals surface area (Å²) in [4.78, 5) is 0.598. The summed E-state index contributed by atoms with van der Waals surface area (Å²) in [6.07, 6.45) is 6.08. The van der Waals surface area contributed by atoms with Crippen LogP contribution in [0.4, 0.5) is 0 Å². The maximum Gasteiger partial charge on any atom is 0.0589 e. The molecule has 1 aliphatic carbocycles. The van der Waals surface area contributed by atoms with E-state index >= 15 is 0 Å². The van der Waals surface area contributed by atoms with Crippen LogP contribution in [0.5, 0.6) is 0 Å². The van der Waals surface area contributed by atoms with Gasteiger partial charge in [-0.15, -0.1) is 0 Å². The molecule has 2 nitrogen and oxygen atoms in total. The molecule has 0 heterocycles. The molecule has 1 aromatic rings. The van der Waals surface area contributed by atoms with Crippen LogP contribution in [0.25, 0.3) is 0 Å². The van der Waals surface area contributed by atoms with Crippen LogP contribution in [0.1, 0.15) is 32.1 Å². The molecule has 19 heavy (non-hydrogen) atoms.